The molecule has 0 fully saturated rings. The van der Waals surface area contributed by atoms with Crippen LogP contribution in [0.3, 0.4) is 0 Å². The molecule has 1 aromatic rings. The minimum absolute atomic E-state index is 0. The Balaban J connectivity index is 0.000000360. The van der Waals surface area contributed by atoms with Crippen LogP contribution in [0.5, 0.6) is 0 Å². The summed E-state index contributed by atoms with van der Waals surface area (Å²) in [6, 6.07) is 0. The van der Waals surface area contributed by atoms with Crippen LogP contribution >= 0.6 is 22.6 Å². The van der Waals surface area contributed by atoms with Crippen LogP contribution < -0.4 is 34.7 Å². The maximum atomic E-state index is 3.56. The van der Waals surface area contributed by atoms with Gasteiger partial charge in [0.1, 0.15) is 0 Å². The number of halogens is 1. The molecule has 0 aromatic carbocycles. The Hall–Kier alpha value is 0.940. The van der Waals surface area contributed by atoms with Crippen LogP contribution in [-0.4, -0.2) is 5.10 Å². The molecule has 1 heterocycles. The molecule has 0 atom stereocenters. The van der Waals surface area contributed by atoms with Crippen molar-refractivity contribution in [1.82, 2.24) is 10.2 Å². The van der Waals surface area contributed by atoms with Gasteiger partial charge in [-0.25, -0.2) is 0 Å². The van der Waals surface area contributed by atoms with E-state index in [0.29, 0.717) is 0 Å². The summed E-state index contributed by atoms with van der Waals surface area (Å²) < 4.78 is 1.09. The second-order valence-electron chi connectivity index (χ2n) is 0.874. The first-order valence-corrected chi connectivity index (χ1v) is 2.56. The summed E-state index contributed by atoms with van der Waals surface area (Å²) in [5.74, 6) is 0. The van der Waals surface area contributed by atoms with Gasteiger partial charge in [0.2, 0.25) is 0 Å². The van der Waals surface area contributed by atoms with Gasteiger partial charge in [0.15, 0.2) is 0 Å². The SMILES string of the molecule is Ic1cn[n-]c1.[Na+]. The van der Waals surface area contributed by atoms with Crippen LogP contribution in [0, 0.1) is 3.57 Å². The van der Waals surface area contributed by atoms with Crippen LogP contribution in [0.4, 0.5) is 0 Å². The van der Waals surface area contributed by atoms with Gasteiger partial charge in [-0.3, -0.25) is 0 Å². The van der Waals surface area contributed by atoms with E-state index in [1.807, 2.05) is 0 Å². The van der Waals surface area contributed by atoms with E-state index in [0.717, 1.165) is 3.57 Å². The molecule has 0 N–H and O–H groups in total. The van der Waals surface area contributed by atoms with E-state index in [9.17, 15) is 0 Å². The molecular formula is C3H2IN2Na. The first kappa shape index (κ1) is 7.94. The van der Waals surface area contributed by atoms with Crippen LogP contribution in [-0.2, 0) is 0 Å². The average molecular weight is 216 g/mol. The van der Waals surface area contributed by atoms with E-state index in [4.69, 9.17) is 0 Å². The molecular weight excluding hydrogens is 214 g/mol. The topological polar surface area (TPSA) is 27.0 Å². The Bertz CT molecular complexity index is 116. The van der Waals surface area contributed by atoms with Gasteiger partial charge in [-0.05, 0) is 22.6 Å². The third-order valence-electron chi connectivity index (χ3n) is 0.429. The van der Waals surface area contributed by atoms with Gasteiger partial charge in [0.05, 0.1) is 0 Å². The second-order valence-corrected chi connectivity index (χ2v) is 2.12. The summed E-state index contributed by atoms with van der Waals surface area (Å²) in [4.78, 5) is 0. The molecule has 0 bridgehead atoms. The van der Waals surface area contributed by atoms with Gasteiger partial charge in [-0.2, -0.15) is 0 Å². The molecule has 2 nitrogen and oxygen atoms in total. The van der Waals surface area contributed by atoms with Gasteiger partial charge in [0.25, 0.3) is 0 Å². The van der Waals surface area contributed by atoms with Crippen LogP contribution in [0.25, 0.3) is 0 Å². The second kappa shape index (κ2) is 3.88. The first-order chi connectivity index (χ1) is 2.89. The monoisotopic (exact) mass is 216 g/mol. The third kappa shape index (κ3) is 2.69. The summed E-state index contributed by atoms with van der Waals surface area (Å²) >= 11 is 2.15. The number of aromatic nitrogens is 2. The normalized spacial score (nSPS) is 7.57. The molecule has 0 aliphatic heterocycles. The zero-order valence-corrected chi connectivity index (χ0v) is 8.08. The molecule has 7 heavy (non-hydrogen) atoms. The van der Waals surface area contributed by atoms with Crippen molar-refractivity contribution in [3.05, 3.63) is 16.0 Å². The fourth-order valence-electron chi connectivity index (χ4n) is 0.210. The third-order valence-corrected chi connectivity index (χ3v) is 0.986. The van der Waals surface area contributed by atoms with Crippen LogP contribution in [0.1, 0.15) is 0 Å². The van der Waals surface area contributed by atoms with E-state index >= 15 is 0 Å². The van der Waals surface area contributed by atoms with Crippen molar-refractivity contribution in [1.29, 1.82) is 0 Å². The first-order valence-electron chi connectivity index (χ1n) is 1.48. The summed E-state index contributed by atoms with van der Waals surface area (Å²) in [7, 11) is 0. The van der Waals surface area contributed by atoms with Crippen molar-refractivity contribution < 1.29 is 29.6 Å². The molecule has 0 aliphatic rings. The predicted molar refractivity (Wildman–Crippen MR) is 30.3 cm³/mol. The van der Waals surface area contributed by atoms with Gasteiger partial charge in [0, 0.05) is 9.77 Å². The van der Waals surface area contributed by atoms with Crippen LogP contribution in [0.15, 0.2) is 12.4 Å². The van der Waals surface area contributed by atoms with Crippen molar-refractivity contribution in [2.75, 3.05) is 0 Å². The molecule has 0 amide bonds. The maximum Gasteiger partial charge on any atom is 1.00 e. The van der Waals surface area contributed by atoms with E-state index in [-0.39, 0.29) is 29.6 Å². The summed E-state index contributed by atoms with van der Waals surface area (Å²) in [6.45, 7) is 0. The van der Waals surface area contributed by atoms with Crippen molar-refractivity contribution >= 4 is 22.6 Å². The Kier molecular flexibility index (Phi) is 4.41. The van der Waals surface area contributed by atoms with E-state index in [2.05, 4.69) is 32.8 Å². The van der Waals surface area contributed by atoms with Gasteiger partial charge in [-0.1, -0.05) is 0 Å². The zero-order valence-electron chi connectivity index (χ0n) is 3.93. The molecule has 1 rings (SSSR count). The Labute approximate surface area is 77.5 Å². The van der Waals surface area contributed by atoms with E-state index < -0.39 is 0 Å². The number of hydrogen-bond donors (Lipinski definition) is 0. The van der Waals surface area contributed by atoms with Crippen molar-refractivity contribution in [3.8, 4) is 0 Å². The maximum absolute atomic E-state index is 3.56. The largest absolute Gasteiger partial charge is 1.00 e. The van der Waals surface area contributed by atoms with E-state index in [1.165, 1.54) is 0 Å². The Morgan fingerprint density at radius 2 is 2.43 bits per heavy atom. The smallest absolute Gasteiger partial charge is 0.581 e. The fraction of sp³-hybridized carbons (Fsp3) is 0. The van der Waals surface area contributed by atoms with Gasteiger partial charge < -0.3 is 10.2 Å². The molecule has 4 heteroatoms. The van der Waals surface area contributed by atoms with Crippen LogP contribution in [0.2, 0.25) is 0 Å². The van der Waals surface area contributed by atoms with Crippen molar-refractivity contribution in [2.45, 2.75) is 0 Å². The Morgan fingerprint density at radius 3 is 2.57 bits per heavy atom. The number of nitrogens with zero attached hydrogens (tertiary/aromatic N) is 2. The quantitative estimate of drug-likeness (QED) is 0.358. The molecule has 0 saturated heterocycles. The zero-order chi connectivity index (χ0) is 4.41. The molecule has 1 aromatic heterocycles. The van der Waals surface area contributed by atoms with Crippen molar-refractivity contribution in [3.63, 3.8) is 0 Å². The molecule has 0 saturated carbocycles. The predicted octanol–water partition coefficient (Wildman–Crippen LogP) is -2.35. The average Bonchev–Trinajstić information content (AvgIpc) is 1.86. The summed E-state index contributed by atoms with van der Waals surface area (Å²) in [5.41, 5.74) is 0. The summed E-state index contributed by atoms with van der Waals surface area (Å²) in [5, 5.41) is 7.13. The Morgan fingerprint density at radius 1 is 1.71 bits per heavy atom. The standard InChI is InChI=1S/C3H2IN2.Na/c4-3-1-5-6-2-3;/h1-2H;/q-1;+1. The van der Waals surface area contributed by atoms with Crippen molar-refractivity contribution in [2.24, 2.45) is 0 Å². The number of rotatable bonds is 0. The number of hydrogen-bond acceptors (Lipinski definition) is 1. The van der Waals surface area contributed by atoms with Gasteiger partial charge in [-0.15, -0.1) is 6.20 Å². The fourth-order valence-corrected chi connectivity index (χ4v) is 0.459. The molecule has 0 radical (unpaired) electrons. The molecule has 0 unspecified atom stereocenters. The minimum atomic E-state index is 0. The molecule has 0 spiro atoms. The van der Waals surface area contributed by atoms with E-state index in [1.54, 1.807) is 12.4 Å². The summed E-state index contributed by atoms with van der Waals surface area (Å²) in [6.07, 6.45) is 3.42. The molecule has 0 aliphatic carbocycles. The molecule has 32 valence electrons. The minimum Gasteiger partial charge on any atom is -0.581 e. The van der Waals surface area contributed by atoms with Gasteiger partial charge >= 0.3 is 29.6 Å².